The molecule has 0 saturated heterocycles. The van der Waals surface area contributed by atoms with E-state index in [0.717, 1.165) is 0 Å². The maximum atomic E-state index is 9.81. The van der Waals surface area contributed by atoms with E-state index in [2.05, 4.69) is 39.0 Å². The summed E-state index contributed by atoms with van der Waals surface area (Å²) in [6.07, 6.45) is 0.667. The molecule has 0 aliphatic rings. The first-order valence-electron chi connectivity index (χ1n) is 6.01. The number of ketones is 1. The topological polar surface area (TPSA) is 17.1 Å². The van der Waals surface area contributed by atoms with E-state index in [1.165, 1.54) is 16.7 Å². The van der Waals surface area contributed by atoms with E-state index in [1.54, 1.807) is 6.92 Å². The largest absolute Gasteiger partial charge is 0.300 e. The van der Waals surface area contributed by atoms with Crippen molar-refractivity contribution < 1.29 is 4.79 Å². The summed E-state index contributed by atoms with van der Waals surface area (Å²) in [4.78, 5) is 9.81. The van der Waals surface area contributed by atoms with Crippen molar-refractivity contribution in [2.45, 2.75) is 54.9 Å². The van der Waals surface area contributed by atoms with E-state index in [-0.39, 0.29) is 5.78 Å². The zero-order chi connectivity index (χ0) is 13.1. The average Bonchev–Trinajstić information content (AvgIpc) is 2.29. The maximum absolute atomic E-state index is 9.81. The molecule has 0 saturated carbocycles. The van der Waals surface area contributed by atoms with E-state index in [9.17, 15) is 4.79 Å². The molecule has 0 aliphatic carbocycles. The van der Waals surface area contributed by atoms with Crippen molar-refractivity contribution in [2.75, 3.05) is 0 Å². The van der Waals surface area contributed by atoms with Gasteiger partial charge in [-0.25, -0.2) is 0 Å². The van der Waals surface area contributed by atoms with Gasteiger partial charge in [-0.05, 0) is 44.4 Å². The Labute approximate surface area is 101 Å². The molecular formula is C15H26O. The van der Waals surface area contributed by atoms with E-state index < -0.39 is 0 Å². The van der Waals surface area contributed by atoms with Crippen LogP contribution in [0.4, 0.5) is 0 Å². The van der Waals surface area contributed by atoms with Crippen LogP contribution in [-0.4, -0.2) is 5.78 Å². The highest BCUT2D eigenvalue weighted by atomic mass is 16.1. The van der Waals surface area contributed by atoms with Crippen LogP contribution in [0.5, 0.6) is 0 Å². The van der Waals surface area contributed by atoms with Gasteiger partial charge in [-0.1, -0.05) is 39.0 Å². The highest BCUT2D eigenvalue weighted by molar-refractivity contribution is 5.74. The van der Waals surface area contributed by atoms with Gasteiger partial charge >= 0.3 is 0 Å². The number of carbonyl (C=O) groups excluding carboxylic acids is 1. The van der Waals surface area contributed by atoms with Gasteiger partial charge in [-0.2, -0.15) is 0 Å². The summed E-state index contributed by atoms with van der Waals surface area (Å²) in [6, 6.07) is 6.38. The summed E-state index contributed by atoms with van der Waals surface area (Å²) >= 11 is 0. The molecule has 0 spiro atoms. The van der Waals surface area contributed by atoms with Crippen molar-refractivity contribution in [3.05, 3.63) is 34.9 Å². The Morgan fingerprint density at radius 2 is 1.38 bits per heavy atom. The van der Waals surface area contributed by atoms with Gasteiger partial charge in [0.2, 0.25) is 0 Å². The Morgan fingerprint density at radius 1 is 1.06 bits per heavy atom. The summed E-state index contributed by atoms with van der Waals surface area (Å²) in [6.45, 7) is 13.9. The quantitative estimate of drug-likeness (QED) is 0.677. The molecule has 0 bridgehead atoms. The predicted octanol–water partition coefficient (Wildman–Crippen LogP) is 4.62. The Bertz CT molecular complexity index is 280. The lowest BCUT2D eigenvalue weighted by Crippen LogP contribution is -1.82. The van der Waals surface area contributed by atoms with E-state index in [4.69, 9.17) is 0 Å². The molecule has 0 N–H and O–H groups in total. The first-order chi connectivity index (χ1) is 7.49. The second-order valence-electron chi connectivity index (χ2n) is 3.57. The smallest absolute Gasteiger partial charge is 0.129 e. The third kappa shape index (κ3) is 8.22. The molecule has 1 rings (SSSR count). The number of aryl methyl sites for hydroxylation is 2. The third-order valence-corrected chi connectivity index (χ3v) is 2.37. The minimum atomic E-state index is 0.255. The fourth-order valence-electron chi connectivity index (χ4n) is 0.898. The Kier molecular flexibility index (Phi) is 11.2. The molecule has 0 aromatic heterocycles. The molecule has 1 heteroatoms. The first kappa shape index (κ1) is 17.3. The van der Waals surface area contributed by atoms with Crippen LogP contribution in [0, 0.1) is 20.8 Å². The molecule has 92 valence electrons. The van der Waals surface area contributed by atoms with Gasteiger partial charge in [0.25, 0.3) is 0 Å². The van der Waals surface area contributed by atoms with Crippen molar-refractivity contribution in [1.82, 2.24) is 0 Å². The molecular weight excluding hydrogens is 196 g/mol. The summed E-state index contributed by atoms with van der Waals surface area (Å²) in [5.74, 6) is 0.255. The number of hydrogen-bond acceptors (Lipinski definition) is 1. The van der Waals surface area contributed by atoms with Crippen LogP contribution in [0.2, 0.25) is 0 Å². The van der Waals surface area contributed by atoms with Gasteiger partial charge in [0.15, 0.2) is 0 Å². The Morgan fingerprint density at radius 3 is 1.56 bits per heavy atom. The number of rotatable bonds is 1. The Hall–Kier alpha value is -1.11. The molecule has 0 radical (unpaired) electrons. The van der Waals surface area contributed by atoms with Crippen LogP contribution in [0.15, 0.2) is 18.2 Å². The minimum Gasteiger partial charge on any atom is -0.300 e. The standard InChI is InChI=1S/C9H12.C4H8O.C2H6/c1-7-5-4-6-8(2)9(7)3;1-3-4(2)5;1-2/h4-6H,1-3H3;3H2,1-2H3;1-2H3. The molecule has 1 nitrogen and oxygen atoms in total. The van der Waals surface area contributed by atoms with Gasteiger partial charge in [0.05, 0.1) is 0 Å². The zero-order valence-corrected chi connectivity index (χ0v) is 11.8. The number of hydrogen-bond donors (Lipinski definition) is 0. The second-order valence-corrected chi connectivity index (χ2v) is 3.57. The van der Waals surface area contributed by atoms with Crippen LogP contribution in [0.25, 0.3) is 0 Å². The number of benzene rings is 1. The number of carbonyl (C=O) groups is 1. The molecule has 0 heterocycles. The van der Waals surface area contributed by atoms with E-state index in [0.29, 0.717) is 6.42 Å². The molecule has 0 aliphatic heterocycles. The molecule has 1 aromatic rings. The molecule has 0 unspecified atom stereocenters. The van der Waals surface area contributed by atoms with Crippen molar-refractivity contribution in [1.29, 1.82) is 0 Å². The second kappa shape index (κ2) is 10.4. The SMILES string of the molecule is CC.CCC(C)=O.Cc1cccc(C)c1C. The van der Waals surface area contributed by atoms with Gasteiger partial charge in [0.1, 0.15) is 5.78 Å². The monoisotopic (exact) mass is 222 g/mol. The minimum absolute atomic E-state index is 0.255. The average molecular weight is 222 g/mol. The summed E-state index contributed by atoms with van der Waals surface area (Å²) in [5.41, 5.74) is 4.18. The predicted molar refractivity (Wildman–Crippen MR) is 73.0 cm³/mol. The normalized spacial score (nSPS) is 8.19. The van der Waals surface area contributed by atoms with Crippen molar-refractivity contribution >= 4 is 5.78 Å². The Balaban J connectivity index is 0. The lowest BCUT2D eigenvalue weighted by atomic mass is 10.1. The van der Waals surface area contributed by atoms with Gasteiger partial charge < -0.3 is 4.79 Å². The third-order valence-electron chi connectivity index (χ3n) is 2.37. The summed E-state index contributed by atoms with van der Waals surface area (Å²) in [7, 11) is 0. The van der Waals surface area contributed by atoms with E-state index >= 15 is 0 Å². The van der Waals surface area contributed by atoms with Gasteiger partial charge in [0, 0.05) is 6.42 Å². The fourth-order valence-corrected chi connectivity index (χ4v) is 0.898. The summed E-state index contributed by atoms with van der Waals surface area (Å²) in [5, 5.41) is 0. The van der Waals surface area contributed by atoms with Crippen LogP contribution in [0.3, 0.4) is 0 Å². The van der Waals surface area contributed by atoms with Gasteiger partial charge in [-0.3, -0.25) is 0 Å². The highest BCUT2D eigenvalue weighted by Crippen LogP contribution is 2.09. The van der Waals surface area contributed by atoms with Crippen LogP contribution in [-0.2, 0) is 4.79 Å². The van der Waals surface area contributed by atoms with E-state index in [1.807, 2.05) is 20.8 Å². The molecule has 0 amide bonds. The number of Topliss-reactive ketones (excluding diaryl/α,β-unsaturated/α-hetero) is 1. The van der Waals surface area contributed by atoms with Crippen molar-refractivity contribution in [3.8, 4) is 0 Å². The lowest BCUT2D eigenvalue weighted by Gasteiger charge is -2.00. The summed E-state index contributed by atoms with van der Waals surface area (Å²) < 4.78 is 0. The lowest BCUT2D eigenvalue weighted by molar-refractivity contribution is -0.116. The molecule has 1 aromatic carbocycles. The van der Waals surface area contributed by atoms with Crippen molar-refractivity contribution in [2.24, 2.45) is 0 Å². The fraction of sp³-hybridized carbons (Fsp3) is 0.533. The van der Waals surface area contributed by atoms with Crippen LogP contribution < -0.4 is 0 Å². The maximum Gasteiger partial charge on any atom is 0.129 e. The molecule has 0 atom stereocenters. The van der Waals surface area contributed by atoms with Crippen LogP contribution in [0.1, 0.15) is 50.8 Å². The van der Waals surface area contributed by atoms with Crippen LogP contribution >= 0.6 is 0 Å². The van der Waals surface area contributed by atoms with Gasteiger partial charge in [-0.15, -0.1) is 0 Å². The highest BCUT2D eigenvalue weighted by Gasteiger charge is 1.91. The zero-order valence-electron chi connectivity index (χ0n) is 11.8. The van der Waals surface area contributed by atoms with Crippen molar-refractivity contribution in [3.63, 3.8) is 0 Å². The first-order valence-corrected chi connectivity index (χ1v) is 6.01. The molecule has 0 fully saturated rings. The molecule has 16 heavy (non-hydrogen) atoms.